The van der Waals surface area contributed by atoms with Crippen molar-refractivity contribution in [1.29, 1.82) is 0 Å². The van der Waals surface area contributed by atoms with Crippen LogP contribution in [0.25, 0.3) is 0 Å². The number of ether oxygens (including phenoxy) is 1. The molecule has 0 heterocycles. The Morgan fingerprint density at radius 3 is 2.48 bits per heavy atom. The summed E-state index contributed by atoms with van der Waals surface area (Å²) in [6.45, 7) is 4.08. The van der Waals surface area contributed by atoms with E-state index in [4.69, 9.17) is 4.74 Å². The molecular weight excluding hydrogens is 432 g/mol. The molecule has 0 saturated carbocycles. The van der Waals surface area contributed by atoms with E-state index in [0.29, 0.717) is 11.1 Å². The topological polar surface area (TPSA) is 84.5 Å². The van der Waals surface area contributed by atoms with Crippen molar-refractivity contribution in [3.63, 3.8) is 0 Å². The maximum atomic E-state index is 12.7. The molecule has 1 amide bonds. The Morgan fingerprint density at radius 2 is 1.85 bits per heavy atom. The van der Waals surface area contributed by atoms with Crippen LogP contribution in [0, 0.1) is 6.92 Å². The van der Waals surface area contributed by atoms with E-state index in [2.05, 4.69) is 26.0 Å². The maximum Gasteiger partial charge on any atom is 0.252 e. The zero-order valence-electron chi connectivity index (χ0n) is 15.5. The SMILES string of the molecule is COCCNS(=O)(=O)c1ccc(C)c(C(=O)NC(C)c2ccc(Br)cc2)c1. The minimum absolute atomic E-state index is 0.0469. The zero-order valence-corrected chi connectivity index (χ0v) is 17.9. The van der Waals surface area contributed by atoms with Crippen LogP contribution in [0.4, 0.5) is 0 Å². The average Bonchev–Trinajstić information content (AvgIpc) is 2.62. The van der Waals surface area contributed by atoms with Crippen molar-refractivity contribution in [1.82, 2.24) is 10.0 Å². The second-order valence-electron chi connectivity index (χ2n) is 6.11. The van der Waals surface area contributed by atoms with Crippen molar-refractivity contribution in [2.24, 2.45) is 0 Å². The molecule has 2 aromatic rings. The van der Waals surface area contributed by atoms with Crippen LogP contribution >= 0.6 is 15.9 Å². The van der Waals surface area contributed by atoms with Gasteiger partial charge in [-0.2, -0.15) is 0 Å². The van der Waals surface area contributed by atoms with Crippen LogP contribution in [0.15, 0.2) is 51.8 Å². The Kier molecular flexibility index (Phi) is 7.55. The van der Waals surface area contributed by atoms with Gasteiger partial charge >= 0.3 is 0 Å². The summed E-state index contributed by atoms with van der Waals surface area (Å²) >= 11 is 3.38. The van der Waals surface area contributed by atoms with Crippen LogP contribution in [-0.4, -0.2) is 34.6 Å². The highest BCUT2D eigenvalue weighted by Gasteiger charge is 2.19. The van der Waals surface area contributed by atoms with Gasteiger partial charge in [0.05, 0.1) is 17.5 Å². The van der Waals surface area contributed by atoms with E-state index in [9.17, 15) is 13.2 Å². The van der Waals surface area contributed by atoms with Gasteiger partial charge in [-0.05, 0) is 49.2 Å². The average molecular weight is 455 g/mol. The number of hydrogen-bond donors (Lipinski definition) is 2. The number of carbonyl (C=O) groups is 1. The molecule has 1 atom stereocenters. The van der Waals surface area contributed by atoms with E-state index in [1.165, 1.54) is 19.2 Å². The van der Waals surface area contributed by atoms with Gasteiger partial charge in [-0.3, -0.25) is 4.79 Å². The van der Waals surface area contributed by atoms with Gasteiger partial charge in [-0.15, -0.1) is 0 Å². The maximum absolute atomic E-state index is 12.7. The molecule has 146 valence electrons. The number of aryl methyl sites for hydroxylation is 1. The predicted octanol–water partition coefficient (Wildman–Crippen LogP) is 3.17. The van der Waals surface area contributed by atoms with Gasteiger partial charge in [-0.25, -0.2) is 13.1 Å². The third-order valence-corrected chi connectivity index (χ3v) is 6.07. The molecule has 2 N–H and O–H groups in total. The van der Waals surface area contributed by atoms with E-state index in [1.54, 1.807) is 13.0 Å². The first kappa shape index (κ1) is 21.6. The predicted molar refractivity (Wildman–Crippen MR) is 108 cm³/mol. The van der Waals surface area contributed by atoms with E-state index < -0.39 is 10.0 Å². The Bertz CT molecular complexity index is 898. The summed E-state index contributed by atoms with van der Waals surface area (Å²) in [6.07, 6.45) is 0. The van der Waals surface area contributed by atoms with Crippen molar-refractivity contribution >= 4 is 31.9 Å². The molecule has 0 spiro atoms. The van der Waals surface area contributed by atoms with Crippen molar-refractivity contribution in [2.45, 2.75) is 24.8 Å². The Labute approximate surface area is 168 Å². The van der Waals surface area contributed by atoms with Gasteiger partial charge in [0.2, 0.25) is 10.0 Å². The molecule has 0 aromatic heterocycles. The standard InChI is InChI=1S/C19H23BrN2O4S/c1-13-4-9-17(27(24,25)21-10-11-26-3)12-18(13)19(23)22-14(2)15-5-7-16(20)8-6-15/h4-9,12,14,21H,10-11H2,1-3H3,(H,22,23). The molecule has 0 radical (unpaired) electrons. The molecule has 8 heteroatoms. The third-order valence-electron chi connectivity index (χ3n) is 4.08. The fourth-order valence-electron chi connectivity index (χ4n) is 2.48. The molecule has 2 rings (SSSR count). The molecule has 0 fully saturated rings. The fraction of sp³-hybridized carbons (Fsp3) is 0.316. The van der Waals surface area contributed by atoms with Crippen LogP contribution in [0.5, 0.6) is 0 Å². The molecule has 0 aliphatic heterocycles. The van der Waals surface area contributed by atoms with Crippen molar-refractivity contribution in [2.75, 3.05) is 20.3 Å². The fourth-order valence-corrected chi connectivity index (χ4v) is 3.79. The molecule has 6 nitrogen and oxygen atoms in total. The third kappa shape index (κ3) is 5.87. The van der Waals surface area contributed by atoms with E-state index in [0.717, 1.165) is 10.0 Å². The van der Waals surface area contributed by atoms with E-state index in [-0.39, 0.29) is 30.0 Å². The normalized spacial score (nSPS) is 12.6. The second kappa shape index (κ2) is 9.45. The quantitative estimate of drug-likeness (QED) is 0.599. The zero-order chi connectivity index (χ0) is 20.0. The summed E-state index contributed by atoms with van der Waals surface area (Å²) in [5, 5.41) is 2.91. The summed E-state index contributed by atoms with van der Waals surface area (Å²) in [5.74, 6) is -0.322. The van der Waals surface area contributed by atoms with Crippen LogP contribution in [0.3, 0.4) is 0 Å². The molecule has 1 unspecified atom stereocenters. The number of rotatable bonds is 8. The van der Waals surface area contributed by atoms with Crippen LogP contribution in [0.2, 0.25) is 0 Å². The smallest absolute Gasteiger partial charge is 0.252 e. The number of methoxy groups -OCH3 is 1. The molecule has 0 aliphatic carbocycles. The van der Waals surface area contributed by atoms with Crippen molar-refractivity contribution in [3.05, 3.63) is 63.6 Å². The number of hydrogen-bond acceptors (Lipinski definition) is 4. The van der Waals surface area contributed by atoms with Gasteiger partial charge < -0.3 is 10.1 Å². The molecule has 27 heavy (non-hydrogen) atoms. The van der Waals surface area contributed by atoms with Gasteiger partial charge in [0, 0.05) is 23.7 Å². The van der Waals surface area contributed by atoms with E-state index in [1.807, 2.05) is 31.2 Å². The first-order valence-electron chi connectivity index (χ1n) is 8.40. The van der Waals surface area contributed by atoms with Crippen LogP contribution in [0.1, 0.15) is 34.5 Å². The number of benzene rings is 2. The highest BCUT2D eigenvalue weighted by atomic mass is 79.9. The largest absolute Gasteiger partial charge is 0.383 e. The first-order chi connectivity index (χ1) is 12.7. The Morgan fingerprint density at radius 1 is 1.19 bits per heavy atom. The molecule has 0 bridgehead atoms. The lowest BCUT2D eigenvalue weighted by Gasteiger charge is -2.16. The number of halogens is 1. The summed E-state index contributed by atoms with van der Waals surface area (Å²) < 4.78 is 33.0. The lowest BCUT2D eigenvalue weighted by molar-refractivity contribution is 0.0939. The summed E-state index contributed by atoms with van der Waals surface area (Å²) in [6, 6.07) is 11.9. The number of carbonyl (C=O) groups excluding carboxylic acids is 1. The van der Waals surface area contributed by atoms with Crippen molar-refractivity contribution < 1.29 is 17.9 Å². The summed E-state index contributed by atoms with van der Waals surface area (Å²) in [7, 11) is -2.21. The van der Waals surface area contributed by atoms with Gasteiger partial charge in [0.25, 0.3) is 5.91 Å². The van der Waals surface area contributed by atoms with Crippen LogP contribution in [-0.2, 0) is 14.8 Å². The molecule has 0 saturated heterocycles. The number of amides is 1. The molecule has 0 aliphatic rings. The van der Waals surface area contributed by atoms with E-state index >= 15 is 0 Å². The highest BCUT2D eigenvalue weighted by Crippen LogP contribution is 2.19. The highest BCUT2D eigenvalue weighted by molar-refractivity contribution is 9.10. The molecular formula is C19H23BrN2O4S. The second-order valence-corrected chi connectivity index (χ2v) is 8.80. The Balaban J connectivity index is 2.19. The van der Waals surface area contributed by atoms with Gasteiger partial charge in [0.1, 0.15) is 0 Å². The number of sulfonamides is 1. The summed E-state index contributed by atoms with van der Waals surface area (Å²) in [4.78, 5) is 12.7. The summed E-state index contributed by atoms with van der Waals surface area (Å²) in [5.41, 5.74) is 1.98. The lowest BCUT2D eigenvalue weighted by atomic mass is 10.1. The monoisotopic (exact) mass is 454 g/mol. The van der Waals surface area contributed by atoms with Crippen LogP contribution < -0.4 is 10.0 Å². The minimum Gasteiger partial charge on any atom is -0.383 e. The lowest BCUT2D eigenvalue weighted by Crippen LogP contribution is -2.29. The van der Waals surface area contributed by atoms with Gasteiger partial charge in [-0.1, -0.05) is 34.1 Å². The molecule has 2 aromatic carbocycles. The minimum atomic E-state index is -3.71. The number of nitrogens with one attached hydrogen (secondary N) is 2. The van der Waals surface area contributed by atoms with Crippen molar-refractivity contribution in [3.8, 4) is 0 Å². The first-order valence-corrected chi connectivity index (χ1v) is 10.7. The Hall–Kier alpha value is -1.74. The van der Waals surface area contributed by atoms with Gasteiger partial charge in [0.15, 0.2) is 0 Å².